The second-order valence-electron chi connectivity index (χ2n) is 5.65. The number of hydrogen-bond acceptors (Lipinski definition) is 4. The third kappa shape index (κ3) is 3.86. The van der Waals surface area contributed by atoms with Crippen molar-refractivity contribution in [3.8, 4) is 0 Å². The van der Waals surface area contributed by atoms with Crippen molar-refractivity contribution in [2.24, 2.45) is 7.05 Å². The highest BCUT2D eigenvalue weighted by Crippen LogP contribution is 2.21. The molecule has 3 aromatic rings. The van der Waals surface area contributed by atoms with E-state index in [0.29, 0.717) is 11.5 Å². The van der Waals surface area contributed by atoms with Crippen LogP contribution in [-0.2, 0) is 7.05 Å². The predicted octanol–water partition coefficient (Wildman–Crippen LogP) is 3.24. The normalized spacial score (nSPS) is 11.6. The van der Waals surface area contributed by atoms with E-state index in [1.807, 2.05) is 41.9 Å². The smallest absolute Gasteiger partial charge is 0.320 e. The van der Waals surface area contributed by atoms with Gasteiger partial charge in [-0.1, -0.05) is 36.4 Å². The molecule has 2 aromatic carbocycles. The molecule has 2 N–H and O–H groups in total. The Balaban J connectivity index is 1.81. The number of nitrogens with zero attached hydrogens (tertiary/aromatic N) is 3. The van der Waals surface area contributed by atoms with Crippen LogP contribution in [0.3, 0.4) is 0 Å². The number of anilines is 1. The Labute approximate surface area is 149 Å². The minimum Gasteiger partial charge on any atom is -0.336 e. The highest BCUT2D eigenvalue weighted by atomic mass is 16.6. The fourth-order valence-corrected chi connectivity index (χ4v) is 2.59. The van der Waals surface area contributed by atoms with Gasteiger partial charge in [0.15, 0.2) is 0 Å². The average Bonchev–Trinajstić information content (AvgIpc) is 3.06. The number of nitrogens with one attached hydrogen (secondary N) is 2. The largest absolute Gasteiger partial charge is 0.336 e. The van der Waals surface area contributed by atoms with E-state index < -0.39 is 17.0 Å². The van der Waals surface area contributed by atoms with E-state index in [-0.39, 0.29) is 5.69 Å². The minimum absolute atomic E-state index is 0.0912. The number of nitro groups is 1. The lowest BCUT2D eigenvalue weighted by molar-refractivity contribution is -0.384. The number of aromatic nitrogens is 2. The van der Waals surface area contributed by atoms with Crippen LogP contribution in [0.4, 0.5) is 16.2 Å². The number of nitro benzene ring substituents is 1. The van der Waals surface area contributed by atoms with Gasteiger partial charge in [-0.05, 0) is 11.6 Å². The van der Waals surface area contributed by atoms with Gasteiger partial charge < -0.3 is 15.2 Å². The van der Waals surface area contributed by atoms with Crippen molar-refractivity contribution in [2.45, 2.75) is 6.04 Å². The molecule has 0 unspecified atom stereocenters. The van der Waals surface area contributed by atoms with Crippen LogP contribution in [0.25, 0.3) is 0 Å². The van der Waals surface area contributed by atoms with Gasteiger partial charge >= 0.3 is 6.03 Å². The third-order valence-corrected chi connectivity index (χ3v) is 3.84. The molecule has 0 aliphatic rings. The monoisotopic (exact) mass is 351 g/mol. The summed E-state index contributed by atoms with van der Waals surface area (Å²) >= 11 is 0. The SMILES string of the molecule is Cn1ccnc1[C@@H](NC(=O)Nc1cccc([N+](=O)[O-])c1)c1ccccc1. The summed E-state index contributed by atoms with van der Waals surface area (Å²) in [5, 5.41) is 16.4. The molecule has 0 fully saturated rings. The molecule has 8 heteroatoms. The van der Waals surface area contributed by atoms with Crippen LogP contribution >= 0.6 is 0 Å². The van der Waals surface area contributed by atoms with Crippen molar-refractivity contribution < 1.29 is 9.72 Å². The Morgan fingerprint density at radius 3 is 2.62 bits per heavy atom. The van der Waals surface area contributed by atoms with E-state index in [4.69, 9.17) is 0 Å². The number of carbonyl (C=O) groups is 1. The lowest BCUT2D eigenvalue weighted by Crippen LogP contribution is -2.34. The quantitative estimate of drug-likeness (QED) is 0.544. The second kappa shape index (κ2) is 7.47. The standard InChI is InChI=1S/C18H17N5O3/c1-22-11-10-19-17(22)16(13-6-3-2-4-7-13)21-18(24)20-14-8-5-9-15(12-14)23(25)26/h2-12,16H,1H3,(H2,20,21,24)/t16-/m0/s1. The number of aryl methyl sites for hydroxylation is 1. The molecule has 1 aromatic heterocycles. The van der Waals surface area contributed by atoms with Gasteiger partial charge in [0.1, 0.15) is 11.9 Å². The van der Waals surface area contributed by atoms with Crippen molar-refractivity contribution >= 4 is 17.4 Å². The maximum Gasteiger partial charge on any atom is 0.320 e. The number of benzene rings is 2. The van der Waals surface area contributed by atoms with Crippen LogP contribution in [-0.4, -0.2) is 20.5 Å². The summed E-state index contributed by atoms with van der Waals surface area (Å²) in [5.41, 5.74) is 1.12. The first-order valence-corrected chi connectivity index (χ1v) is 7.89. The molecule has 0 bridgehead atoms. The zero-order chi connectivity index (χ0) is 18.5. The molecule has 0 radical (unpaired) electrons. The minimum atomic E-state index is -0.510. The molecular formula is C18H17N5O3. The lowest BCUT2D eigenvalue weighted by atomic mass is 10.1. The zero-order valence-corrected chi connectivity index (χ0v) is 14.0. The fourth-order valence-electron chi connectivity index (χ4n) is 2.59. The number of imidazole rings is 1. The van der Waals surface area contributed by atoms with Crippen LogP contribution < -0.4 is 10.6 Å². The van der Waals surface area contributed by atoms with Gasteiger partial charge in [0.05, 0.1) is 4.92 Å². The van der Waals surface area contributed by atoms with Crippen molar-refractivity contribution in [1.82, 2.24) is 14.9 Å². The van der Waals surface area contributed by atoms with E-state index >= 15 is 0 Å². The molecule has 26 heavy (non-hydrogen) atoms. The van der Waals surface area contributed by atoms with Crippen LogP contribution in [0.15, 0.2) is 67.0 Å². The fraction of sp³-hybridized carbons (Fsp3) is 0.111. The van der Waals surface area contributed by atoms with Gasteiger partial charge in [0.25, 0.3) is 5.69 Å². The van der Waals surface area contributed by atoms with Gasteiger partial charge in [0, 0.05) is 37.3 Å². The Morgan fingerprint density at radius 1 is 1.19 bits per heavy atom. The first-order valence-electron chi connectivity index (χ1n) is 7.89. The molecule has 8 nitrogen and oxygen atoms in total. The number of non-ortho nitro benzene ring substituents is 1. The van der Waals surface area contributed by atoms with E-state index in [1.54, 1.807) is 18.5 Å². The van der Waals surface area contributed by atoms with Gasteiger partial charge in [-0.2, -0.15) is 0 Å². The van der Waals surface area contributed by atoms with Crippen LogP contribution in [0.5, 0.6) is 0 Å². The van der Waals surface area contributed by atoms with Crippen molar-refractivity contribution in [2.75, 3.05) is 5.32 Å². The first kappa shape index (κ1) is 17.2. The molecule has 1 heterocycles. The molecule has 0 saturated heterocycles. The van der Waals surface area contributed by atoms with Gasteiger partial charge in [-0.15, -0.1) is 0 Å². The molecule has 132 valence electrons. The van der Waals surface area contributed by atoms with Crippen LogP contribution in [0, 0.1) is 10.1 Å². The summed E-state index contributed by atoms with van der Waals surface area (Å²) in [7, 11) is 1.85. The highest BCUT2D eigenvalue weighted by Gasteiger charge is 2.20. The van der Waals surface area contributed by atoms with E-state index in [1.165, 1.54) is 18.2 Å². The maximum atomic E-state index is 12.5. The van der Waals surface area contributed by atoms with E-state index in [0.717, 1.165) is 5.56 Å². The van der Waals surface area contributed by atoms with Crippen LogP contribution in [0.1, 0.15) is 17.4 Å². The number of hydrogen-bond donors (Lipinski definition) is 2. The van der Waals surface area contributed by atoms with E-state index in [9.17, 15) is 14.9 Å². The van der Waals surface area contributed by atoms with Crippen molar-refractivity contribution in [3.05, 3.63) is 88.5 Å². The summed E-state index contributed by atoms with van der Waals surface area (Å²) in [4.78, 5) is 27.1. The summed E-state index contributed by atoms with van der Waals surface area (Å²) in [6.07, 6.45) is 3.46. The average molecular weight is 351 g/mol. The number of rotatable bonds is 5. The van der Waals surface area contributed by atoms with Crippen LogP contribution in [0.2, 0.25) is 0 Å². The predicted molar refractivity (Wildman–Crippen MR) is 96.7 cm³/mol. The topological polar surface area (TPSA) is 102 Å². The third-order valence-electron chi connectivity index (χ3n) is 3.84. The molecule has 1 atom stereocenters. The Bertz CT molecular complexity index is 923. The molecule has 0 spiro atoms. The number of carbonyl (C=O) groups excluding carboxylic acids is 1. The summed E-state index contributed by atoms with van der Waals surface area (Å²) < 4.78 is 1.82. The summed E-state index contributed by atoms with van der Waals surface area (Å²) in [6.45, 7) is 0. The Hall–Kier alpha value is -3.68. The zero-order valence-electron chi connectivity index (χ0n) is 14.0. The maximum absolute atomic E-state index is 12.5. The molecule has 0 aliphatic carbocycles. The molecule has 0 saturated carbocycles. The Morgan fingerprint density at radius 2 is 1.96 bits per heavy atom. The lowest BCUT2D eigenvalue weighted by Gasteiger charge is -2.19. The molecule has 3 rings (SSSR count). The van der Waals surface area contributed by atoms with E-state index in [2.05, 4.69) is 15.6 Å². The summed E-state index contributed by atoms with van der Waals surface area (Å²) in [6, 6.07) is 14.3. The van der Waals surface area contributed by atoms with Crippen molar-refractivity contribution in [3.63, 3.8) is 0 Å². The number of urea groups is 1. The van der Waals surface area contributed by atoms with Gasteiger partial charge in [-0.25, -0.2) is 9.78 Å². The second-order valence-corrected chi connectivity index (χ2v) is 5.65. The Kier molecular flexibility index (Phi) is 4.93. The molecule has 2 amide bonds. The van der Waals surface area contributed by atoms with Gasteiger partial charge in [0.2, 0.25) is 0 Å². The molecule has 0 aliphatic heterocycles. The van der Waals surface area contributed by atoms with Crippen molar-refractivity contribution in [1.29, 1.82) is 0 Å². The first-order chi connectivity index (χ1) is 12.5. The molecular weight excluding hydrogens is 334 g/mol. The summed E-state index contributed by atoms with van der Waals surface area (Å²) in [5.74, 6) is 0.672. The number of amides is 2. The highest BCUT2D eigenvalue weighted by molar-refractivity contribution is 5.90. The van der Waals surface area contributed by atoms with Gasteiger partial charge in [-0.3, -0.25) is 10.1 Å².